The van der Waals surface area contributed by atoms with Crippen molar-refractivity contribution in [3.05, 3.63) is 34.7 Å². The molecule has 0 aromatic carbocycles. The quantitative estimate of drug-likeness (QED) is 0.260. The van der Waals surface area contributed by atoms with Gasteiger partial charge in [0.15, 0.2) is 5.96 Å². The maximum atomic E-state index is 11.5. The number of guanidine groups is 1. The molecule has 0 radical (unpaired) electrons. The van der Waals surface area contributed by atoms with E-state index in [2.05, 4.69) is 10.3 Å². The van der Waals surface area contributed by atoms with Gasteiger partial charge in [0.25, 0.3) is 0 Å². The van der Waals surface area contributed by atoms with Gasteiger partial charge in [-0.1, -0.05) is 6.07 Å². The molecule has 126 valence electrons. The van der Waals surface area contributed by atoms with Crippen molar-refractivity contribution in [2.24, 2.45) is 10.7 Å². The fourth-order valence-electron chi connectivity index (χ4n) is 1.84. The smallest absolute Gasteiger partial charge is 0.250 e. The summed E-state index contributed by atoms with van der Waals surface area (Å²) in [5.41, 5.74) is 5.79. The van der Waals surface area contributed by atoms with Crippen LogP contribution in [0, 0.1) is 0 Å². The monoisotopic (exact) mass is 422 g/mol. The van der Waals surface area contributed by atoms with Crippen LogP contribution in [0.1, 0.15) is 26.2 Å². The van der Waals surface area contributed by atoms with Crippen LogP contribution < -0.4 is 16.6 Å². The first-order chi connectivity index (χ1) is 10.2. The van der Waals surface area contributed by atoms with E-state index in [4.69, 9.17) is 10.5 Å². The summed E-state index contributed by atoms with van der Waals surface area (Å²) >= 11 is 0. The number of rotatable bonds is 10. The van der Waals surface area contributed by atoms with E-state index in [0.717, 1.165) is 45.6 Å². The zero-order chi connectivity index (χ0) is 15.3. The van der Waals surface area contributed by atoms with E-state index < -0.39 is 0 Å². The van der Waals surface area contributed by atoms with Crippen LogP contribution in [-0.2, 0) is 11.3 Å². The second-order valence-corrected chi connectivity index (χ2v) is 4.68. The fourth-order valence-corrected chi connectivity index (χ4v) is 1.84. The Morgan fingerprint density at radius 1 is 1.36 bits per heavy atom. The van der Waals surface area contributed by atoms with E-state index >= 15 is 0 Å². The van der Waals surface area contributed by atoms with Crippen molar-refractivity contribution in [2.75, 3.05) is 26.3 Å². The molecular weight excluding hydrogens is 395 g/mol. The highest BCUT2D eigenvalue weighted by Gasteiger charge is 1.95. The number of ether oxygens (including phenoxy) is 1. The van der Waals surface area contributed by atoms with Gasteiger partial charge in [0, 0.05) is 45.1 Å². The summed E-state index contributed by atoms with van der Waals surface area (Å²) in [5.74, 6) is 0.475. The number of hydrogen-bond donors (Lipinski definition) is 2. The van der Waals surface area contributed by atoms with Crippen molar-refractivity contribution in [1.29, 1.82) is 0 Å². The molecule has 1 aromatic heterocycles. The van der Waals surface area contributed by atoms with E-state index in [9.17, 15) is 4.79 Å². The maximum Gasteiger partial charge on any atom is 0.250 e. The summed E-state index contributed by atoms with van der Waals surface area (Å²) in [4.78, 5) is 15.7. The zero-order valence-corrected chi connectivity index (χ0v) is 15.5. The highest BCUT2D eigenvalue weighted by molar-refractivity contribution is 14.0. The van der Waals surface area contributed by atoms with E-state index in [1.165, 1.54) is 0 Å². The SMILES string of the molecule is CCOCCCN=C(N)NCCCCn1ccccc1=O.I. The van der Waals surface area contributed by atoms with Gasteiger partial charge >= 0.3 is 0 Å². The topological polar surface area (TPSA) is 81.6 Å². The Balaban J connectivity index is 0.00000441. The van der Waals surface area contributed by atoms with E-state index in [1.54, 1.807) is 16.7 Å². The molecular formula is C15H27IN4O2. The van der Waals surface area contributed by atoms with Gasteiger partial charge in [-0.2, -0.15) is 0 Å². The minimum atomic E-state index is 0. The number of hydrogen-bond acceptors (Lipinski definition) is 3. The molecule has 0 fully saturated rings. The normalized spacial score (nSPS) is 11.0. The van der Waals surface area contributed by atoms with Crippen LogP contribution >= 0.6 is 24.0 Å². The van der Waals surface area contributed by atoms with Gasteiger partial charge in [-0.15, -0.1) is 24.0 Å². The highest BCUT2D eigenvalue weighted by Crippen LogP contribution is 1.92. The molecule has 1 aromatic rings. The molecule has 0 aliphatic rings. The minimum Gasteiger partial charge on any atom is -0.382 e. The lowest BCUT2D eigenvalue weighted by atomic mass is 10.3. The van der Waals surface area contributed by atoms with Crippen molar-refractivity contribution in [1.82, 2.24) is 9.88 Å². The largest absolute Gasteiger partial charge is 0.382 e. The Morgan fingerprint density at radius 2 is 2.18 bits per heavy atom. The highest BCUT2D eigenvalue weighted by atomic mass is 127. The third kappa shape index (κ3) is 9.78. The maximum absolute atomic E-state index is 11.5. The van der Waals surface area contributed by atoms with Crippen LogP contribution in [-0.4, -0.2) is 36.8 Å². The molecule has 1 heterocycles. The summed E-state index contributed by atoms with van der Waals surface area (Å²) in [7, 11) is 0. The number of nitrogens with zero attached hydrogens (tertiary/aromatic N) is 2. The number of unbranched alkanes of at least 4 members (excludes halogenated alkanes) is 1. The lowest BCUT2D eigenvalue weighted by Crippen LogP contribution is -2.32. The van der Waals surface area contributed by atoms with E-state index in [1.807, 2.05) is 19.2 Å². The lowest BCUT2D eigenvalue weighted by Gasteiger charge is -2.07. The van der Waals surface area contributed by atoms with Crippen molar-refractivity contribution < 1.29 is 4.74 Å². The molecule has 0 amide bonds. The standard InChI is InChI=1S/C15H26N4O2.HI/c1-2-21-13-7-10-18-15(16)17-9-4-6-12-19-11-5-3-8-14(19)20;/h3,5,8,11H,2,4,6-7,9-10,12-13H2,1H3,(H3,16,17,18);1H. The van der Waals surface area contributed by atoms with Crippen LogP contribution in [0.2, 0.25) is 0 Å². The number of nitrogens with one attached hydrogen (secondary N) is 1. The second kappa shape index (κ2) is 13.6. The van der Waals surface area contributed by atoms with Crippen molar-refractivity contribution in [3.63, 3.8) is 0 Å². The van der Waals surface area contributed by atoms with Gasteiger partial charge in [0.1, 0.15) is 0 Å². The molecule has 0 saturated carbocycles. The molecule has 6 nitrogen and oxygen atoms in total. The molecule has 0 saturated heterocycles. The van der Waals surface area contributed by atoms with Crippen LogP contribution in [0.4, 0.5) is 0 Å². The Hall–Kier alpha value is -1.09. The number of aromatic nitrogens is 1. The Morgan fingerprint density at radius 3 is 2.91 bits per heavy atom. The molecule has 0 spiro atoms. The molecule has 0 bridgehead atoms. The summed E-state index contributed by atoms with van der Waals surface area (Å²) in [6.07, 6.45) is 4.56. The third-order valence-electron chi connectivity index (χ3n) is 2.96. The van der Waals surface area contributed by atoms with Crippen LogP contribution in [0.5, 0.6) is 0 Å². The summed E-state index contributed by atoms with van der Waals surface area (Å²) in [5, 5.41) is 3.07. The Kier molecular flexibility index (Phi) is 12.9. The van der Waals surface area contributed by atoms with Crippen LogP contribution in [0.3, 0.4) is 0 Å². The average molecular weight is 422 g/mol. The van der Waals surface area contributed by atoms with Crippen molar-refractivity contribution >= 4 is 29.9 Å². The summed E-state index contributed by atoms with van der Waals surface area (Å²) in [6, 6.07) is 5.20. The summed E-state index contributed by atoms with van der Waals surface area (Å²) < 4.78 is 6.94. The minimum absolute atomic E-state index is 0. The zero-order valence-electron chi connectivity index (χ0n) is 13.2. The fraction of sp³-hybridized carbons (Fsp3) is 0.600. The van der Waals surface area contributed by atoms with Crippen molar-refractivity contribution in [3.8, 4) is 0 Å². The van der Waals surface area contributed by atoms with E-state index in [-0.39, 0.29) is 29.5 Å². The van der Waals surface area contributed by atoms with Crippen LogP contribution in [0.25, 0.3) is 0 Å². The predicted molar refractivity (Wildman–Crippen MR) is 101 cm³/mol. The molecule has 22 heavy (non-hydrogen) atoms. The van der Waals surface area contributed by atoms with Gasteiger partial charge in [-0.25, -0.2) is 0 Å². The second-order valence-electron chi connectivity index (χ2n) is 4.68. The molecule has 3 N–H and O–H groups in total. The van der Waals surface area contributed by atoms with Gasteiger partial charge in [0.05, 0.1) is 0 Å². The number of nitrogens with two attached hydrogens (primary N) is 1. The first-order valence-corrected chi connectivity index (χ1v) is 7.51. The molecule has 1 rings (SSSR count). The predicted octanol–water partition coefficient (Wildman–Crippen LogP) is 1.58. The molecule has 0 aliphatic carbocycles. The number of pyridine rings is 1. The summed E-state index contributed by atoms with van der Waals surface area (Å²) in [6.45, 7) is 5.61. The first-order valence-electron chi connectivity index (χ1n) is 7.51. The lowest BCUT2D eigenvalue weighted by molar-refractivity contribution is 0.146. The van der Waals surface area contributed by atoms with Crippen molar-refractivity contribution in [2.45, 2.75) is 32.7 Å². The van der Waals surface area contributed by atoms with E-state index in [0.29, 0.717) is 12.5 Å². The number of aliphatic imine (C=N–C) groups is 1. The Labute approximate surface area is 149 Å². The molecule has 0 aliphatic heterocycles. The Bertz CT molecular complexity index is 477. The number of halogens is 1. The molecule has 0 atom stereocenters. The first kappa shape index (κ1) is 20.9. The molecule has 0 unspecified atom stereocenters. The van der Waals surface area contributed by atoms with Gasteiger partial charge in [-0.3, -0.25) is 9.79 Å². The van der Waals surface area contributed by atoms with Gasteiger partial charge in [-0.05, 0) is 32.3 Å². The third-order valence-corrected chi connectivity index (χ3v) is 2.96. The number of aryl methyl sites for hydroxylation is 1. The van der Waals surface area contributed by atoms with Gasteiger partial charge < -0.3 is 20.4 Å². The molecule has 7 heteroatoms. The van der Waals surface area contributed by atoms with Gasteiger partial charge in [0.2, 0.25) is 5.56 Å². The van der Waals surface area contributed by atoms with Crippen LogP contribution in [0.15, 0.2) is 34.2 Å². The average Bonchev–Trinajstić information content (AvgIpc) is 2.48.